The van der Waals surface area contributed by atoms with Gasteiger partial charge in [0.05, 0.1) is 10.0 Å². The summed E-state index contributed by atoms with van der Waals surface area (Å²) in [5.74, 6) is -0.509. The average Bonchev–Trinajstić information content (AvgIpc) is 2.85. The van der Waals surface area contributed by atoms with E-state index in [0.717, 1.165) is 10.9 Å². The summed E-state index contributed by atoms with van der Waals surface area (Å²) in [5, 5.41) is 4.30. The molecule has 0 spiro atoms. The van der Waals surface area contributed by atoms with Crippen molar-refractivity contribution in [1.29, 1.82) is 0 Å². The average molecular weight is 337 g/mol. The number of nitrogens with zero attached hydrogens (tertiary/aromatic N) is 1. The Morgan fingerprint density at radius 3 is 2.68 bits per heavy atom. The van der Waals surface area contributed by atoms with Crippen LogP contribution in [-0.2, 0) is 11.3 Å². The van der Waals surface area contributed by atoms with E-state index in [1.165, 1.54) is 12.1 Å². The first kappa shape index (κ1) is 14.9. The number of hydrogen-bond donors (Lipinski definition) is 1. The molecule has 3 rings (SSSR count). The summed E-state index contributed by atoms with van der Waals surface area (Å²) in [6.45, 7) is 0.120. The van der Waals surface area contributed by atoms with Gasteiger partial charge in [0.25, 0.3) is 0 Å². The fraction of sp³-hybridized carbons (Fsp3) is 0.0625. The van der Waals surface area contributed by atoms with Crippen LogP contribution >= 0.6 is 23.2 Å². The minimum Gasteiger partial charge on any atom is -0.338 e. The number of hydrogen-bond acceptors (Lipinski definition) is 1. The molecule has 1 heterocycles. The molecular formula is C16H11Cl2FN2O. The van der Waals surface area contributed by atoms with Crippen molar-refractivity contribution >= 4 is 45.7 Å². The van der Waals surface area contributed by atoms with Crippen molar-refractivity contribution in [3.63, 3.8) is 0 Å². The molecule has 0 fully saturated rings. The van der Waals surface area contributed by atoms with Crippen LogP contribution in [0.5, 0.6) is 0 Å². The second-order valence-corrected chi connectivity index (χ2v) is 5.64. The van der Waals surface area contributed by atoms with E-state index in [2.05, 4.69) is 5.32 Å². The zero-order valence-electron chi connectivity index (χ0n) is 11.3. The second-order valence-electron chi connectivity index (χ2n) is 4.82. The summed E-state index contributed by atoms with van der Waals surface area (Å²) in [6, 6.07) is 11.1. The molecule has 0 bridgehead atoms. The van der Waals surface area contributed by atoms with E-state index >= 15 is 0 Å². The van der Waals surface area contributed by atoms with Gasteiger partial charge in [-0.2, -0.15) is 0 Å². The maximum atomic E-state index is 13.2. The van der Waals surface area contributed by atoms with Gasteiger partial charge >= 0.3 is 0 Å². The van der Waals surface area contributed by atoms with Crippen molar-refractivity contribution in [2.24, 2.45) is 0 Å². The van der Waals surface area contributed by atoms with Crippen molar-refractivity contribution in [3.8, 4) is 0 Å². The molecular weight excluding hydrogens is 326 g/mol. The van der Waals surface area contributed by atoms with E-state index in [1.54, 1.807) is 41.1 Å². The fourth-order valence-corrected chi connectivity index (χ4v) is 2.54. The first-order chi connectivity index (χ1) is 10.5. The summed E-state index contributed by atoms with van der Waals surface area (Å²) < 4.78 is 14.9. The lowest BCUT2D eigenvalue weighted by atomic mass is 10.2. The van der Waals surface area contributed by atoms with Gasteiger partial charge in [0, 0.05) is 22.8 Å². The Morgan fingerprint density at radius 1 is 1.09 bits per heavy atom. The van der Waals surface area contributed by atoms with Gasteiger partial charge < -0.3 is 9.88 Å². The second kappa shape index (κ2) is 5.99. The zero-order chi connectivity index (χ0) is 15.7. The van der Waals surface area contributed by atoms with Crippen LogP contribution in [0.4, 0.5) is 10.1 Å². The van der Waals surface area contributed by atoms with Crippen LogP contribution < -0.4 is 5.32 Å². The lowest BCUT2D eigenvalue weighted by Crippen LogP contribution is -2.18. The number of fused-ring (bicyclic) bond motifs is 1. The number of halogens is 3. The van der Waals surface area contributed by atoms with Crippen LogP contribution in [0.15, 0.2) is 48.7 Å². The normalized spacial score (nSPS) is 10.9. The first-order valence-corrected chi connectivity index (χ1v) is 7.28. The number of carbonyl (C=O) groups is 1. The first-order valence-electron chi connectivity index (χ1n) is 6.52. The van der Waals surface area contributed by atoms with Crippen LogP contribution in [-0.4, -0.2) is 10.5 Å². The Bertz CT molecular complexity index is 860. The summed E-state index contributed by atoms with van der Waals surface area (Å²) in [7, 11) is 0. The van der Waals surface area contributed by atoms with Crippen LogP contribution in [0.2, 0.25) is 10.0 Å². The molecule has 6 heteroatoms. The van der Waals surface area contributed by atoms with Gasteiger partial charge in [0.2, 0.25) is 5.91 Å². The smallest absolute Gasteiger partial charge is 0.244 e. The lowest BCUT2D eigenvalue weighted by Gasteiger charge is -2.08. The van der Waals surface area contributed by atoms with Gasteiger partial charge in [-0.25, -0.2) is 4.39 Å². The van der Waals surface area contributed by atoms with Crippen LogP contribution in [0.25, 0.3) is 10.9 Å². The van der Waals surface area contributed by atoms with Crippen molar-refractivity contribution in [1.82, 2.24) is 4.57 Å². The summed E-state index contributed by atoms with van der Waals surface area (Å²) in [6.07, 6.45) is 1.75. The molecule has 3 aromatic rings. The van der Waals surface area contributed by atoms with E-state index in [1.807, 2.05) is 0 Å². The highest BCUT2D eigenvalue weighted by atomic mass is 35.5. The predicted molar refractivity (Wildman–Crippen MR) is 87.0 cm³/mol. The van der Waals surface area contributed by atoms with E-state index in [4.69, 9.17) is 23.2 Å². The Morgan fingerprint density at radius 2 is 1.91 bits per heavy atom. The number of anilines is 1. The number of rotatable bonds is 3. The molecule has 0 radical (unpaired) electrons. The number of nitrogens with one attached hydrogen (secondary N) is 1. The molecule has 112 valence electrons. The maximum Gasteiger partial charge on any atom is 0.244 e. The molecule has 0 aliphatic rings. The van der Waals surface area contributed by atoms with E-state index < -0.39 is 0 Å². The minimum absolute atomic E-state index is 0.120. The molecule has 0 aliphatic carbocycles. The molecule has 22 heavy (non-hydrogen) atoms. The molecule has 2 aromatic carbocycles. The van der Waals surface area contributed by atoms with Gasteiger partial charge in [0.15, 0.2) is 0 Å². The van der Waals surface area contributed by atoms with Crippen LogP contribution in [0.1, 0.15) is 0 Å². The van der Waals surface area contributed by atoms with Gasteiger partial charge in [-0.1, -0.05) is 23.2 Å². The molecule has 1 N–H and O–H groups in total. The van der Waals surface area contributed by atoms with Crippen molar-refractivity contribution in [2.45, 2.75) is 6.54 Å². The highest BCUT2D eigenvalue weighted by Crippen LogP contribution is 2.25. The van der Waals surface area contributed by atoms with Crippen LogP contribution in [0, 0.1) is 5.82 Å². The lowest BCUT2D eigenvalue weighted by molar-refractivity contribution is -0.116. The Balaban J connectivity index is 1.76. The molecule has 3 nitrogen and oxygen atoms in total. The van der Waals surface area contributed by atoms with Gasteiger partial charge in [-0.05, 0) is 42.5 Å². The highest BCUT2D eigenvalue weighted by molar-refractivity contribution is 6.42. The standard InChI is InChI=1S/C16H11Cl2FN2O/c17-13-3-2-12(8-14(13)18)20-16(22)9-21-6-5-10-7-11(19)1-4-15(10)21/h1-8H,9H2,(H,20,22). The Labute approximate surface area is 136 Å². The van der Waals surface area contributed by atoms with Crippen molar-refractivity contribution in [3.05, 3.63) is 64.5 Å². The highest BCUT2D eigenvalue weighted by Gasteiger charge is 2.08. The zero-order valence-corrected chi connectivity index (χ0v) is 12.8. The van der Waals surface area contributed by atoms with Crippen LogP contribution in [0.3, 0.4) is 0 Å². The van der Waals surface area contributed by atoms with E-state index in [9.17, 15) is 9.18 Å². The molecule has 0 atom stereocenters. The third-order valence-corrected chi connectivity index (χ3v) is 3.99. The number of benzene rings is 2. The third-order valence-electron chi connectivity index (χ3n) is 3.25. The quantitative estimate of drug-likeness (QED) is 0.737. The molecule has 0 aliphatic heterocycles. The molecule has 1 aromatic heterocycles. The fourth-order valence-electron chi connectivity index (χ4n) is 2.24. The predicted octanol–water partition coefficient (Wildman–Crippen LogP) is 4.73. The van der Waals surface area contributed by atoms with Gasteiger partial charge in [-0.3, -0.25) is 4.79 Å². The summed E-state index contributed by atoms with van der Waals surface area (Å²) in [5.41, 5.74) is 1.37. The molecule has 0 saturated heterocycles. The third kappa shape index (κ3) is 3.08. The minimum atomic E-state index is -0.300. The SMILES string of the molecule is O=C(Cn1ccc2cc(F)ccc21)Nc1ccc(Cl)c(Cl)c1. The molecule has 1 amide bonds. The van der Waals surface area contributed by atoms with E-state index in [-0.39, 0.29) is 18.3 Å². The Kier molecular flexibility index (Phi) is 4.05. The number of amides is 1. The molecule has 0 saturated carbocycles. The monoisotopic (exact) mass is 336 g/mol. The van der Waals surface area contributed by atoms with Gasteiger partial charge in [-0.15, -0.1) is 0 Å². The molecule has 0 unspecified atom stereocenters. The number of carbonyl (C=O) groups excluding carboxylic acids is 1. The number of aromatic nitrogens is 1. The van der Waals surface area contributed by atoms with E-state index in [0.29, 0.717) is 15.7 Å². The maximum absolute atomic E-state index is 13.2. The summed E-state index contributed by atoms with van der Waals surface area (Å²) >= 11 is 11.7. The topological polar surface area (TPSA) is 34.0 Å². The largest absolute Gasteiger partial charge is 0.338 e. The van der Waals surface area contributed by atoms with Gasteiger partial charge in [0.1, 0.15) is 12.4 Å². The van der Waals surface area contributed by atoms with Crippen molar-refractivity contribution in [2.75, 3.05) is 5.32 Å². The summed E-state index contributed by atoms with van der Waals surface area (Å²) in [4.78, 5) is 12.1. The Hall–Kier alpha value is -2.04. The van der Waals surface area contributed by atoms with Crippen molar-refractivity contribution < 1.29 is 9.18 Å².